The molecule has 0 saturated carbocycles. The molecule has 0 amide bonds. The lowest BCUT2D eigenvalue weighted by molar-refractivity contribution is 0.678. The Balaban J connectivity index is 2.08. The van der Waals surface area contributed by atoms with E-state index in [1.165, 1.54) is 0 Å². The molecule has 0 fully saturated rings. The molecule has 98 valence electrons. The largest absolute Gasteiger partial charge is 0.261 e. The fourth-order valence-electron chi connectivity index (χ4n) is 1.99. The Kier molecular flexibility index (Phi) is 3.13. The van der Waals surface area contributed by atoms with Crippen LogP contribution in [-0.4, -0.2) is 13.2 Å². The summed E-state index contributed by atoms with van der Waals surface area (Å²) >= 11 is 0. The van der Waals surface area contributed by atoms with Gasteiger partial charge in [0.1, 0.15) is 5.69 Å². The minimum absolute atomic E-state index is 0.580. The van der Waals surface area contributed by atoms with Crippen molar-refractivity contribution in [3.8, 4) is 12.3 Å². The molecular weight excluding hydrogens is 268 g/mol. The Morgan fingerprint density at radius 3 is 2.60 bits per heavy atom. The van der Waals surface area contributed by atoms with E-state index in [1.54, 1.807) is 16.2 Å². The van der Waals surface area contributed by atoms with Crippen LogP contribution < -0.4 is 0 Å². The molecule has 4 heteroatoms. The van der Waals surface area contributed by atoms with Crippen molar-refractivity contribution in [2.24, 2.45) is 0 Å². The van der Waals surface area contributed by atoms with Gasteiger partial charge in [-0.3, -0.25) is 3.97 Å². The van der Waals surface area contributed by atoms with Crippen molar-refractivity contribution < 1.29 is 4.21 Å². The van der Waals surface area contributed by atoms with E-state index in [0.717, 1.165) is 21.5 Å². The van der Waals surface area contributed by atoms with E-state index in [4.69, 9.17) is 6.42 Å². The van der Waals surface area contributed by atoms with Crippen molar-refractivity contribution in [3.63, 3.8) is 0 Å². The highest BCUT2D eigenvalue weighted by molar-refractivity contribution is 7.83. The average molecular weight is 280 g/mol. The number of aromatic nitrogens is 2. The van der Waals surface area contributed by atoms with Crippen LogP contribution in [0.1, 0.15) is 11.3 Å². The van der Waals surface area contributed by atoms with E-state index < -0.39 is 11.0 Å². The maximum absolute atomic E-state index is 12.6. The molecule has 3 rings (SSSR count). The maximum atomic E-state index is 12.6. The van der Waals surface area contributed by atoms with Crippen LogP contribution in [0, 0.1) is 19.3 Å². The zero-order valence-electron chi connectivity index (χ0n) is 10.9. The molecule has 0 aliphatic rings. The smallest absolute Gasteiger partial charge is 0.157 e. The van der Waals surface area contributed by atoms with Crippen LogP contribution in [0.2, 0.25) is 0 Å². The molecular formula is C16H12N2OS. The summed E-state index contributed by atoms with van der Waals surface area (Å²) in [6, 6.07) is 13.1. The lowest BCUT2D eigenvalue weighted by Gasteiger charge is -2.05. The van der Waals surface area contributed by atoms with Gasteiger partial charge in [-0.15, -0.1) is 6.42 Å². The summed E-state index contributed by atoms with van der Waals surface area (Å²) < 4.78 is 14.3. The van der Waals surface area contributed by atoms with Crippen molar-refractivity contribution in [1.29, 1.82) is 0 Å². The number of fused-ring (bicyclic) bond motifs is 1. The first-order chi connectivity index (χ1) is 9.69. The predicted molar refractivity (Wildman–Crippen MR) is 80.7 cm³/mol. The first-order valence-corrected chi connectivity index (χ1v) is 7.23. The second-order valence-corrected chi connectivity index (χ2v) is 5.81. The maximum Gasteiger partial charge on any atom is 0.157 e. The Hall–Kier alpha value is -2.38. The van der Waals surface area contributed by atoms with Gasteiger partial charge in [0.05, 0.1) is 15.9 Å². The van der Waals surface area contributed by atoms with E-state index in [2.05, 4.69) is 10.9 Å². The van der Waals surface area contributed by atoms with Gasteiger partial charge in [0.15, 0.2) is 11.0 Å². The molecule has 0 aliphatic heterocycles. The summed E-state index contributed by atoms with van der Waals surface area (Å²) in [5.74, 6) is 2.50. The molecule has 0 saturated heterocycles. The van der Waals surface area contributed by atoms with Gasteiger partial charge in [0, 0.05) is 6.20 Å². The van der Waals surface area contributed by atoms with E-state index in [1.807, 2.05) is 43.3 Å². The highest BCUT2D eigenvalue weighted by Crippen LogP contribution is 2.19. The fourth-order valence-corrected chi connectivity index (χ4v) is 3.09. The highest BCUT2D eigenvalue weighted by Gasteiger charge is 2.10. The lowest BCUT2D eigenvalue weighted by Crippen LogP contribution is -2.03. The minimum Gasteiger partial charge on any atom is -0.261 e. The fraction of sp³-hybridized carbons (Fsp3) is 0.0625. The first kappa shape index (κ1) is 12.6. The molecule has 0 radical (unpaired) electrons. The van der Waals surface area contributed by atoms with Crippen LogP contribution in [0.5, 0.6) is 0 Å². The molecule has 2 aromatic heterocycles. The molecule has 20 heavy (non-hydrogen) atoms. The number of hydrogen-bond acceptors (Lipinski definition) is 2. The normalized spacial score (nSPS) is 12.2. The number of rotatable bonds is 2. The molecule has 1 atom stereocenters. The third-order valence-corrected chi connectivity index (χ3v) is 4.41. The Bertz CT molecular complexity index is 841. The quantitative estimate of drug-likeness (QED) is 0.677. The molecule has 3 aromatic rings. The number of nitrogens with zero attached hydrogens (tertiary/aromatic N) is 2. The van der Waals surface area contributed by atoms with Crippen LogP contribution in [0.25, 0.3) is 11.0 Å². The van der Waals surface area contributed by atoms with Gasteiger partial charge in [-0.25, -0.2) is 9.19 Å². The summed E-state index contributed by atoms with van der Waals surface area (Å²) in [4.78, 5) is 5.07. The molecule has 1 unspecified atom stereocenters. The molecule has 0 bridgehead atoms. The summed E-state index contributed by atoms with van der Waals surface area (Å²) in [7, 11) is -1.28. The molecule has 0 aliphatic carbocycles. The summed E-state index contributed by atoms with van der Waals surface area (Å²) in [5.41, 5.74) is 3.28. The first-order valence-electron chi connectivity index (χ1n) is 6.13. The second-order valence-electron chi connectivity index (χ2n) is 4.45. The number of terminal acetylenes is 1. The molecule has 3 nitrogen and oxygen atoms in total. The van der Waals surface area contributed by atoms with Crippen molar-refractivity contribution in [2.45, 2.75) is 11.8 Å². The van der Waals surface area contributed by atoms with Gasteiger partial charge in [-0.1, -0.05) is 23.6 Å². The minimum atomic E-state index is -1.28. The summed E-state index contributed by atoms with van der Waals surface area (Å²) in [5, 5.41) is 0. The van der Waals surface area contributed by atoms with Crippen molar-refractivity contribution >= 4 is 22.0 Å². The van der Waals surface area contributed by atoms with Crippen molar-refractivity contribution in [2.75, 3.05) is 0 Å². The Labute approximate surface area is 119 Å². The van der Waals surface area contributed by atoms with Crippen LogP contribution >= 0.6 is 0 Å². The third kappa shape index (κ3) is 2.13. The average Bonchev–Trinajstić information content (AvgIpc) is 2.90. The molecule has 2 heterocycles. The number of benzene rings is 1. The van der Waals surface area contributed by atoms with Crippen molar-refractivity contribution in [1.82, 2.24) is 8.96 Å². The Morgan fingerprint density at radius 2 is 1.90 bits per heavy atom. The van der Waals surface area contributed by atoms with Gasteiger partial charge in [-0.05, 0) is 37.3 Å². The molecule has 1 aromatic carbocycles. The number of aryl methyl sites for hydroxylation is 1. The topological polar surface area (TPSA) is 34.9 Å². The van der Waals surface area contributed by atoms with E-state index in [0.29, 0.717) is 5.69 Å². The molecule has 0 N–H and O–H groups in total. The second kappa shape index (κ2) is 4.95. The van der Waals surface area contributed by atoms with Crippen LogP contribution in [0.4, 0.5) is 0 Å². The number of pyridine rings is 1. The van der Waals surface area contributed by atoms with E-state index >= 15 is 0 Å². The van der Waals surface area contributed by atoms with Gasteiger partial charge in [0.2, 0.25) is 0 Å². The summed E-state index contributed by atoms with van der Waals surface area (Å²) in [6.07, 6.45) is 7.11. The van der Waals surface area contributed by atoms with Gasteiger partial charge in [0.25, 0.3) is 0 Å². The van der Waals surface area contributed by atoms with Gasteiger partial charge < -0.3 is 0 Å². The highest BCUT2D eigenvalue weighted by atomic mass is 32.2. The zero-order valence-corrected chi connectivity index (χ0v) is 11.7. The SMILES string of the molecule is C#Cc1ccc2c(ccn2S(=O)c2ccc(C)cc2)n1. The van der Waals surface area contributed by atoms with E-state index in [9.17, 15) is 4.21 Å². The van der Waals surface area contributed by atoms with Crippen LogP contribution in [0.3, 0.4) is 0 Å². The zero-order chi connectivity index (χ0) is 14.1. The molecule has 0 spiro atoms. The van der Waals surface area contributed by atoms with Crippen LogP contribution in [-0.2, 0) is 11.0 Å². The lowest BCUT2D eigenvalue weighted by atomic mass is 10.2. The summed E-state index contributed by atoms with van der Waals surface area (Å²) in [6.45, 7) is 2.00. The monoisotopic (exact) mass is 280 g/mol. The predicted octanol–water partition coefficient (Wildman–Crippen LogP) is 2.90. The standard InChI is InChI=1S/C16H12N2OS/c1-3-13-6-9-16-15(17-13)10-11-18(16)20(19)14-7-4-12(2)5-8-14/h1,4-11H,2H3. The Morgan fingerprint density at radius 1 is 1.15 bits per heavy atom. The van der Waals surface area contributed by atoms with E-state index in [-0.39, 0.29) is 0 Å². The van der Waals surface area contributed by atoms with Crippen LogP contribution in [0.15, 0.2) is 53.6 Å². The van der Waals surface area contributed by atoms with Gasteiger partial charge in [-0.2, -0.15) is 0 Å². The number of hydrogen-bond donors (Lipinski definition) is 0. The van der Waals surface area contributed by atoms with Gasteiger partial charge >= 0.3 is 0 Å². The third-order valence-electron chi connectivity index (χ3n) is 3.06. The van der Waals surface area contributed by atoms with Crippen molar-refractivity contribution in [3.05, 3.63) is 59.9 Å².